The largest absolute Gasteiger partial charge is 0.387 e. The van der Waals surface area contributed by atoms with Gasteiger partial charge in [-0.3, -0.25) is 0 Å². The molecule has 0 heterocycles. The Morgan fingerprint density at radius 2 is 1.71 bits per heavy atom. The van der Waals surface area contributed by atoms with Gasteiger partial charge in [0.05, 0.1) is 6.10 Å². The van der Waals surface area contributed by atoms with Crippen LogP contribution >= 0.6 is 12.2 Å². The summed E-state index contributed by atoms with van der Waals surface area (Å²) < 4.78 is 12.8. The van der Waals surface area contributed by atoms with Crippen molar-refractivity contribution in [3.63, 3.8) is 0 Å². The van der Waals surface area contributed by atoms with Gasteiger partial charge in [0.2, 0.25) is 0 Å². The van der Waals surface area contributed by atoms with Crippen LogP contribution < -0.4 is 10.6 Å². The molecule has 0 saturated carbocycles. The minimum atomic E-state index is -0.614. The van der Waals surface area contributed by atoms with Crippen LogP contribution in [-0.2, 0) is 6.54 Å². The highest BCUT2D eigenvalue weighted by molar-refractivity contribution is 7.80. The first-order chi connectivity index (χ1) is 10.1. The van der Waals surface area contributed by atoms with Gasteiger partial charge in [-0.2, -0.15) is 0 Å². The number of aliphatic hydroxyl groups is 1. The number of benzene rings is 2. The number of halogens is 1. The Labute approximate surface area is 128 Å². The number of rotatable bonds is 5. The summed E-state index contributed by atoms with van der Waals surface area (Å²) in [6.45, 7) is 0.840. The van der Waals surface area contributed by atoms with Gasteiger partial charge in [-0.15, -0.1) is 0 Å². The first-order valence-electron chi connectivity index (χ1n) is 6.64. The lowest BCUT2D eigenvalue weighted by Crippen LogP contribution is -2.37. The third kappa shape index (κ3) is 5.13. The number of hydrogen-bond donors (Lipinski definition) is 3. The molecule has 0 unspecified atom stereocenters. The summed E-state index contributed by atoms with van der Waals surface area (Å²) >= 11 is 5.14. The van der Waals surface area contributed by atoms with Gasteiger partial charge in [-0.05, 0) is 35.5 Å². The van der Waals surface area contributed by atoms with Gasteiger partial charge in [0.15, 0.2) is 5.11 Å². The van der Waals surface area contributed by atoms with Crippen molar-refractivity contribution >= 4 is 17.3 Å². The van der Waals surface area contributed by atoms with Crippen LogP contribution in [0.5, 0.6) is 0 Å². The molecule has 0 radical (unpaired) electrons. The molecule has 2 aromatic rings. The zero-order chi connectivity index (χ0) is 15.1. The van der Waals surface area contributed by atoms with E-state index in [1.54, 1.807) is 12.1 Å². The van der Waals surface area contributed by atoms with Crippen LogP contribution in [0.2, 0.25) is 0 Å². The highest BCUT2D eigenvalue weighted by Gasteiger charge is 2.07. The zero-order valence-electron chi connectivity index (χ0n) is 11.4. The molecule has 1 atom stereocenters. The molecule has 0 spiro atoms. The monoisotopic (exact) mass is 304 g/mol. The number of thiocarbonyl (C=S) groups is 1. The summed E-state index contributed by atoms with van der Waals surface area (Å²) in [7, 11) is 0. The van der Waals surface area contributed by atoms with Crippen LogP contribution in [0.3, 0.4) is 0 Å². The van der Waals surface area contributed by atoms with E-state index in [4.69, 9.17) is 12.2 Å². The number of aliphatic hydroxyl groups excluding tert-OH is 1. The van der Waals surface area contributed by atoms with E-state index >= 15 is 0 Å². The molecular formula is C16H17FN2OS. The molecule has 0 aliphatic carbocycles. The van der Waals surface area contributed by atoms with E-state index in [-0.39, 0.29) is 5.82 Å². The average molecular weight is 304 g/mol. The fourth-order valence-corrected chi connectivity index (χ4v) is 1.99. The first kappa shape index (κ1) is 15.4. The zero-order valence-corrected chi connectivity index (χ0v) is 12.2. The van der Waals surface area contributed by atoms with Gasteiger partial charge in [0.1, 0.15) is 5.82 Å². The lowest BCUT2D eigenvalue weighted by Gasteiger charge is -2.14. The normalized spacial score (nSPS) is 11.7. The Balaban J connectivity index is 1.73. The minimum absolute atomic E-state index is 0.259. The SMILES string of the molecule is O[C@@H](CNC(=S)NCc1ccc(F)cc1)c1ccccc1. The van der Waals surface area contributed by atoms with Crippen LogP contribution in [0.1, 0.15) is 17.2 Å². The molecule has 0 fully saturated rings. The van der Waals surface area contributed by atoms with Crippen molar-refractivity contribution in [2.45, 2.75) is 12.6 Å². The third-order valence-corrected chi connectivity index (χ3v) is 3.30. The molecule has 0 aliphatic rings. The second-order valence-corrected chi connectivity index (χ2v) is 5.02. The van der Waals surface area contributed by atoms with Gasteiger partial charge < -0.3 is 15.7 Å². The second-order valence-electron chi connectivity index (χ2n) is 4.62. The maximum Gasteiger partial charge on any atom is 0.166 e. The van der Waals surface area contributed by atoms with E-state index in [1.165, 1.54) is 12.1 Å². The molecule has 5 heteroatoms. The fourth-order valence-electron chi connectivity index (χ4n) is 1.83. The van der Waals surface area contributed by atoms with E-state index in [1.807, 2.05) is 30.3 Å². The molecule has 0 amide bonds. The molecule has 0 aromatic heterocycles. The Morgan fingerprint density at radius 3 is 2.38 bits per heavy atom. The predicted molar refractivity (Wildman–Crippen MR) is 85.2 cm³/mol. The van der Waals surface area contributed by atoms with Gasteiger partial charge in [-0.25, -0.2) is 4.39 Å². The number of hydrogen-bond acceptors (Lipinski definition) is 2. The molecule has 110 valence electrons. The van der Waals surface area contributed by atoms with Crippen molar-refractivity contribution in [2.24, 2.45) is 0 Å². The quantitative estimate of drug-likeness (QED) is 0.743. The van der Waals surface area contributed by atoms with Gasteiger partial charge in [0.25, 0.3) is 0 Å². The average Bonchev–Trinajstić information content (AvgIpc) is 2.53. The lowest BCUT2D eigenvalue weighted by atomic mass is 10.1. The molecule has 2 rings (SSSR count). The standard InChI is InChI=1S/C16H17FN2OS/c17-14-8-6-12(7-9-14)10-18-16(21)19-11-15(20)13-4-2-1-3-5-13/h1-9,15,20H,10-11H2,(H2,18,19,21)/t15-/m0/s1. The van der Waals surface area contributed by atoms with Crippen molar-refractivity contribution < 1.29 is 9.50 Å². The molecule has 3 N–H and O–H groups in total. The summed E-state index contributed by atoms with van der Waals surface area (Å²) in [5, 5.41) is 16.4. The molecule has 0 aliphatic heterocycles. The van der Waals surface area contributed by atoms with Crippen molar-refractivity contribution in [3.8, 4) is 0 Å². The van der Waals surface area contributed by atoms with Crippen LogP contribution in [-0.4, -0.2) is 16.8 Å². The molecule has 2 aromatic carbocycles. The summed E-state index contributed by atoms with van der Waals surface area (Å²) in [5.74, 6) is -0.259. The highest BCUT2D eigenvalue weighted by atomic mass is 32.1. The van der Waals surface area contributed by atoms with E-state index in [0.29, 0.717) is 18.2 Å². The van der Waals surface area contributed by atoms with E-state index in [9.17, 15) is 9.50 Å². The van der Waals surface area contributed by atoms with Crippen molar-refractivity contribution in [1.82, 2.24) is 10.6 Å². The molecule has 0 saturated heterocycles. The molecule has 3 nitrogen and oxygen atoms in total. The van der Waals surface area contributed by atoms with Gasteiger partial charge in [-0.1, -0.05) is 42.5 Å². The Kier molecular flexibility index (Phi) is 5.66. The third-order valence-electron chi connectivity index (χ3n) is 3.01. The molecule has 21 heavy (non-hydrogen) atoms. The molecule has 0 bridgehead atoms. The second kappa shape index (κ2) is 7.71. The maximum atomic E-state index is 12.8. The summed E-state index contributed by atoms with van der Waals surface area (Å²) in [5.41, 5.74) is 1.77. The van der Waals surface area contributed by atoms with Crippen LogP contribution in [0, 0.1) is 5.82 Å². The summed E-state index contributed by atoms with van der Waals surface area (Å²) in [6, 6.07) is 15.6. The Hall–Kier alpha value is -1.98. The summed E-state index contributed by atoms with van der Waals surface area (Å²) in [6.07, 6.45) is -0.614. The highest BCUT2D eigenvalue weighted by Crippen LogP contribution is 2.10. The van der Waals surface area contributed by atoms with Gasteiger partial charge in [0, 0.05) is 13.1 Å². The topological polar surface area (TPSA) is 44.3 Å². The van der Waals surface area contributed by atoms with Crippen LogP contribution in [0.4, 0.5) is 4.39 Å². The van der Waals surface area contributed by atoms with E-state index in [2.05, 4.69) is 10.6 Å². The Morgan fingerprint density at radius 1 is 1.05 bits per heavy atom. The van der Waals surface area contributed by atoms with Crippen LogP contribution in [0.25, 0.3) is 0 Å². The van der Waals surface area contributed by atoms with Gasteiger partial charge >= 0.3 is 0 Å². The number of nitrogens with one attached hydrogen (secondary N) is 2. The first-order valence-corrected chi connectivity index (χ1v) is 7.05. The maximum absolute atomic E-state index is 12.8. The van der Waals surface area contributed by atoms with Crippen molar-refractivity contribution in [1.29, 1.82) is 0 Å². The van der Waals surface area contributed by atoms with Crippen molar-refractivity contribution in [2.75, 3.05) is 6.54 Å². The lowest BCUT2D eigenvalue weighted by molar-refractivity contribution is 0.181. The fraction of sp³-hybridized carbons (Fsp3) is 0.188. The smallest absolute Gasteiger partial charge is 0.166 e. The van der Waals surface area contributed by atoms with E-state index in [0.717, 1.165) is 11.1 Å². The minimum Gasteiger partial charge on any atom is -0.387 e. The molecular weight excluding hydrogens is 287 g/mol. The van der Waals surface area contributed by atoms with Crippen LogP contribution in [0.15, 0.2) is 54.6 Å². The predicted octanol–water partition coefficient (Wildman–Crippen LogP) is 2.52. The summed E-state index contributed by atoms with van der Waals surface area (Å²) in [4.78, 5) is 0. The Bertz CT molecular complexity index is 575. The van der Waals surface area contributed by atoms with Crippen molar-refractivity contribution in [3.05, 3.63) is 71.5 Å². The van der Waals surface area contributed by atoms with E-state index < -0.39 is 6.10 Å².